The van der Waals surface area contributed by atoms with Gasteiger partial charge in [0.15, 0.2) is 0 Å². The Bertz CT molecular complexity index is 617. The Morgan fingerprint density at radius 1 is 1.47 bits per heavy atom. The van der Waals surface area contributed by atoms with Crippen molar-refractivity contribution in [3.05, 3.63) is 51.9 Å². The maximum atomic E-state index is 11.1. The van der Waals surface area contributed by atoms with Crippen molar-refractivity contribution in [2.45, 2.75) is 13.5 Å². The fourth-order valence-electron chi connectivity index (χ4n) is 1.62. The lowest BCUT2D eigenvalue weighted by Crippen LogP contribution is -2.09. The number of aromatic nitrogens is 2. The number of nitrogens with one attached hydrogen (secondary N) is 1. The van der Waals surface area contributed by atoms with Crippen LogP contribution in [0.5, 0.6) is 0 Å². The molecule has 2 aromatic heterocycles. The van der Waals surface area contributed by atoms with Crippen LogP contribution in [0.4, 0.5) is 5.82 Å². The van der Waals surface area contributed by atoms with E-state index in [-0.39, 0.29) is 5.56 Å². The van der Waals surface area contributed by atoms with E-state index in [2.05, 4.69) is 31.2 Å². The molecular formula is C13H12BrN3O2. The van der Waals surface area contributed by atoms with Crippen LogP contribution in [0.3, 0.4) is 0 Å². The van der Waals surface area contributed by atoms with Crippen molar-refractivity contribution in [2.75, 3.05) is 5.32 Å². The summed E-state index contributed by atoms with van der Waals surface area (Å²) in [5, 5.41) is 12.1. The molecule has 2 N–H and O–H groups in total. The second-order valence-electron chi connectivity index (χ2n) is 3.98. The monoisotopic (exact) mass is 321 g/mol. The number of pyridine rings is 2. The molecule has 0 aliphatic heterocycles. The van der Waals surface area contributed by atoms with E-state index in [1.165, 1.54) is 6.07 Å². The normalized spacial score (nSPS) is 10.2. The average Bonchev–Trinajstić information content (AvgIpc) is 2.37. The Hall–Kier alpha value is -1.95. The largest absolute Gasteiger partial charge is 0.478 e. The molecule has 19 heavy (non-hydrogen) atoms. The molecule has 98 valence electrons. The standard InChI is InChI=1S/C13H12BrN3O2/c1-8-3-2-4-10(17-8)7-16-12-11(13(18)19)5-9(14)6-15-12/h2-6H,7H2,1H3,(H,15,16)(H,18,19). The molecule has 5 nitrogen and oxygen atoms in total. The van der Waals surface area contributed by atoms with Gasteiger partial charge in [-0.1, -0.05) is 6.07 Å². The smallest absolute Gasteiger partial charge is 0.339 e. The molecule has 0 radical (unpaired) electrons. The van der Waals surface area contributed by atoms with E-state index in [1.54, 1.807) is 6.20 Å². The van der Waals surface area contributed by atoms with E-state index in [4.69, 9.17) is 5.11 Å². The van der Waals surface area contributed by atoms with E-state index in [0.29, 0.717) is 16.8 Å². The number of aryl methyl sites for hydroxylation is 1. The van der Waals surface area contributed by atoms with E-state index in [0.717, 1.165) is 11.4 Å². The van der Waals surface area contributed by atoms with Crippen LogP contribution in [0.2, 0.25) is 0 Å². The van der Waals surface area contributed by atoms with Crippen molar-refractivity contribution in [3.63, 3.8) is 0 Å². The van der Waals surface area contributed by atoms with Crippen LogP contribution >= 0.6 is 15.9 Å². The van der Waals surface area contributed by atoms with Crippen LogP contribution in [0.25, 0.3) is 0 Å². The third kappa shape index (κ3) is 3.51. The maximum absolute atomic E-state index is 11.1. The Labute approximate surface area is 118 Å². The summed E-state index contributed by atoms with van der Waals surface area (Å²) in [5.41, 5.74) is 1.88. The highest BCUT2D eigenvalue weighted by Crippen LogP contribution is 2.18. The van der Waals surface area contributed by atoms with E-state index >= 15 is 0 Å². The topological polar surface area (TPSA) is 75.1 Å². The van der Waals surface area contributed by atoms with Gasteiger partial charge in [0.25, 0.3) is 0 Å². The molecule has 0 atom stereocenters. The van der Waals surface area contributed by atoms with Crippen molar-refractivity contribution < 1.29 is 9.90 Å². The summed E-state index contributed by atoms with van der Waals surface area (Å²) < 4.78 is 0.629. The number of halogens is 1. The molecule has 2 aromatic rings. The number of rotatable bonds is 4. The number of hydrogen-bond acceptors (Lipinski definition) is 4. The average molecular weight is 322 g/mol. The van der Waals surface area contributed by atoms with Crippen LogP contribution in [0, 0.1) is 6.92 Å². The zero-order valence-electron chi connectivity index (χ0n) is 10.2. The quantitative estimate of drug-likeness (QED) is 0.905. The minimum atomic E-state index is -1.02. The van der Waals surface area contributed by atoms with Crippen LogP contribution in [-0.2, 0) is 6.54 Å². The molecule has 0 fully saturated rings. The molecule has 0 bridgehead atoms. The van der Waals surface area contributed by atoms with Crippen molar-refractivity contribution in [3.8, 4) is 0 Å². The van der Waals surface area contributed by atoms with Gasteiger partial charge >= 0.3 is 5.97 Å². The van der Waals surface area contributed by atoms with Crippen molar-refractivity contribution >= 4 is 27.7 Å². The van der Waals surface area contributed by atoms with Gasteiger partial charge in [-0.2, -0.15) is 0 Å². The number of nitrogens with zero attached hydrogens (tertiary/aromatic N) is 2. The van der Waals surface area contributed by atoms with Gasteiger partial charge in [-0.25, -0.2) is 9.78 Å². The first-order chi connectivity index (χ1) is 9.06. The molecule has 0 aliphatic rings. The summed E-state index contributed by atoms with van der Waals surface area (Å²) >= 11 is 3.20. The summed E-state index contributed by atoms with van der Waals surface area (Å²) in [6, 6.07) is 7.21. The molecule has 2 rings (SSSR count). The lowest BCUT2D eigenvalue weighted by molar-refractivity contribution is 0.0697. The Morgan fingerprint density at radius 3 is 2.95 bits per heavy atom. The molecule has 0 aliphatic carbocycles. The first-order valence-corrected chi connectivity index (χ1v) is 6.41. The van der Waals surface area contributed by atoms with E-state index < -0.39 is 5.97 Å². The van der Waals surface area contributed by atoms with Crippen molar-refractivity contribution in [2.24, 2.45) is 0 Å². The van der Waals surface area contributed by atoms with Crippen LogP contribution < -0.4 is 5.32 Å². The Kier molecular flexibility index (Phi) is 4.11. The maximum Gasteiger partial charge on any atom is 0.339 e. The molecule has 0 amide bonds. The van der Waals surface area contributed by atoms with Crippen molar-refractivity contribution in [1.29, 1.82) is 0 Å². The fraction of sp³-hybridized carbons (Fsp3) is 0.154. The SMILES string of the molecule is Cc1cccc(CNc2ncc(Br)cc2C(=O)O)n1. The molecule has 6 heteroatoms. The lowest BCUT2D eigenvalue weighted by Gasteiger charge is -2.08. The third-order valence-corrected chi connectivity index (χ3v) is 2.90. The minimum Gasteiger partial charge on any atom is -0.478 e. The van der Waals surface area contributed by atoms with Gasteiger partial charge in [0.1, 0.15) is 11.4 Å². The molecular weight excluding hydrogens is 310 g/mol. The Balaban J connectivity index is 2.17. The summed E-state index contributed by atoms with van der Waals surface area (Å²) in [6.45, 7) is 2.33. The number of hydrogen-bond donors (Lipinski definition) is 2. The van der Waals surface area contributed by atoms with Gasteiger partial charge < -0.3 is 10.4 Å². The summed E-state index contributed by atoms with van der Waals surface area (Å²) in [7, 11) is 0. The minimum absolute atomic E-state index is 0.127. The third-order valence-electron chi connectivity index (χ3n) is 2.47. The second kappa shape index (κ2) is 5.79. The second-order valence-corrected chi connectivity index (χ2v) is 4.89. The lowest BCUT2D eigenvalue weighted by atomic mass is 10.2. The number of carboxylic acid groups (broad SMARTS) is 1. The molecule has 0 saturated carbocycles. The van der Waals surface area contributed by atoms with Crippen molar-refractivity contribution in [1.82, 2.24) is 9.97 Å². The number of anilines is 1. The van der Waals surface area contributed by atoms with E-state index in [1.807, 2.05) is 25.1 Å². The predicted molar refractivity (Wildman–Crippen MR) is 75.2 cm³/mol. The zero-order chi connectivity index (χ0) is 13.8. The predicted octanol–water partition coefficient (Wildman–Crippen LogP) is 2.86. The highest BCUT2D eigenvalue weighted by molar-refractivity contribution is 9.10. The van der Waals surface area contributed by atoms with Gasteiger partial charge in [0.05, 0.1) is 12.2 Å². The molecule has 2 heterocycles. The van der Waals surface area contributed by atoms with Crippen LogP contribution in [0.15, 0.2) is 34.9 Å². The first-order valence-electron chi connectivity index (χ1n) is 5.61. The zero-order valence-corrected chi connectivity index (χ0v) is 11.8. The van der Waals surface area contributed by atoms with Crippen LogP contribution in [-0.4, -0.2) is 21.0 Å². The van der Waals surface area contributed by atoms with Gasteiger partial charge in [0, 0.05) is 16.4 Å². The molecule has 0 unspecified atom stereocenters. The van der Waals surface area contributed by atoms with Gasteiger partial charge in [-0.05, 0) is 41.1 Å². The molecule has 0 spiro atoms. The number of carboxylic acids is 1. The molecule has 0 aromatic carbocycles. The summed E-state index contributed by atoms with van der Waals surface area (Å²) in [5.74, 6) is -0.687. The highest BCUT2D eigenvalue weighted by atomic mass is 79.9. The first kappa shape index (κ1) is 13.5. The number of carbonyl (C=O) groups is 1. The van der Waals surface area contributed by atoms with Gasteiger partial charge in [0.2, 0.25) is 0 Å². The summed E-state index contributed by atoms with van der Waals surface area (Å²) in [4.78, 5) is 19.5. The fourth-order valence-corrected chi connectivity index (χ4v) is 1.95. The Morgan fingerprint density at radius 2 is 2.26 bits per heavy atom. The number of aromatic carboxylic acids is 1. The van der Waals surface area contributed by atoms with E-state index in [9.17, 15) is 4.79 Å². The van der Waals surface area contributed by atoms with Gasteiger partial charge in [-0.3, -0.25) is 4.98 Å². The van der Waals surface area contributed by atoms with Crippen LogP contribution in [0.1, 0.15) is 21.7 Å². The molecule has 0 saturated heterocycles. The van der Waals surface area contributed by atoms with Gasteiger partial charge in [-0.15, -0.1) is 0 Å². The summed E-state index contributed by atoms with van der Waals surface area (Å²) in [6.07, 6.45) is 1.55. The highest BCUT2D eigenvalue weighted by Gasteiger charge is 2.12.